The fourth-order valence-corrected chi connectivity index (χ4v) is 6.60. The van der Waals surface area contributed by atoms with Crippen LogP contribution in [0.25, 0.3) is 0 Å². The highest BCUT2D eigenvalue weighted by Gasteiger charge is 2.53. The molecule has 0 unspecified atom stereocenters. The van der Waals surface area contributed by atoms with E-state index in [0.717, 1.165) is 23.1 Å². The Bertz CT molecular complexity index is 1380. The lowest BCUT2D eigenvalue weighted by atomic mass is 9.59. The van der Waals surface area contributed by atoms with Crippen molar-refractivity contribution in [3.8, 4) is 0 Å². The van der Waals surface area contributed by atoms with Gasteiger partial charge in [0, 0.05) is 6.42 Å². The number of benzene rings is 4. The molecule has 0 amide bonds. The Morgan fingerprint density at radius 2 is 1.12 bits per heavy atom. The molecule has 0 heterocycles. The van der Waals surface area contributed by atoms with E-state index >= 15 is 0 Å². The topological polar surface area (TPSA) is 54.4 Å². The Morgan fingerprint density at radius 3 is 1.66 bits per heavy atom. The number of aryl methyl sites for hydroxylation is 3. The molecule has 1 aliphatic carbocycles. The predicted octanol–water partition coefficient (Wildman–Crippen LogP) is 7.25. The maximum absolute atomic E-state index is 14.5. The monoisotopic (exact) mass is 544 g/mol. The molecule has 0 radical (unpaired) electrons. The normalized spacial score (nSPS) is 22.4. The molecule has 5 rings (SSSR count). The third kappa shape index (κ3) is 7.48. The summed E-state index contributed by atoms with van der Waals surface area (Å²) in [6.45, 7) is 0. The smallest absolute Gasteiger partial charge is 0.149 e. The largest absolute Gasteiger partial charge is 0.389 e. The Labute approximate surface area is 244 Å². The molecule has 41 heavy (non-hydrogen) atoms. The third-order valence-corrected chi connectivity index (χ3v) is 8.85. The summed E-state index contributed by atoms with van der Waals surface area (Å²) in [5.74, 6) is -1.56. The molecule has 3 nitrogen and oxygen atoms in total. The van der Waals surface area contributed by atoms with Crippen LogP contribution in [0.5, 0.6) is 0 Å². The van der Waals surface area contributed by atoms with E-state index in [0.29, 0.717) is 44.9 Å². The first-order valence-corrected chi connectivity index (χ1v) is 15.0. The number of carbonyl (C=O) groups excluding carboxylic acids is 2. The van der Waals surface area contributed by atoms with Gasteiger partial charge in [-0.2, -0.15) is 0 Å². The zero-order chi connectivity index (χ0) is 28.5. The van der Waals surface area contributed by atoms with Gasteiger partial charge in [-0.05, 0) is 73.1 Å². The van der Waals surface area contributed by atoms with Gasteiger partial charge in [0.25, 0.3) is 0 Å². The molecule has 0 aromatic heterocycles. The Kier molecular flexibility index (Phi) is 9.59. The lowest BCUT2D eigenvalue weighted by molar-refractivity contribution is -0.156. The molecule has 0 bridgehead atoms. The van der Waals surface area contributed by atoms with Gasteiger partial charge >= 0.3 is 0 Å². The fourth-order valence-electron chi connectivity index (χ4n) is 6.60. The van der Waals surface area contributed by atoms with Gasteiger partial charge in [-0.1, -0.05) is 121 Å². The molecule has 0 aliphatic heterocycles. The van der Waals surface area contributed by atoms with Crippen LogP contribution in [0, 0.1) is 17.8 Å². The number of rotatable bonds is 12. The second kappa shape index (κ2) is 13.7. The van der Waals surface area contributed by atoms with Gasteiger partial charge in [0.15, 0.2) is 0 Å². The zero-order valence-corrected chi connectivity index (χ0v) is 23.7. The average molecular weight is 545 g/mol. The summed E-state index contributed by atoms with van der Waals surface area (Å²) in [6, 6.07) is 40.3. The minimum Gasteiger partial charge on any atom is -0.389 e. The van der Waals surface area contributed by atoms with Crippen LogP contribution in [0.3, 0.4) is 0 Å². The van der Waals surface area contributed by atoms with Crippen LogP contribution in [0.4, 0.5) is 0 Å². The predicted molar refractivity (Wildman–Crippen MR) is 164 cm³/mol. The molecule has 210 valence electrons. The first-order valence-electron chi connectivity index (χ1n) is 15.0. The summed E-state index contributed by atoms with van der Waals surface area (Å²) in [6.07, 6.45) is 4.51. The quantitative estimate of drug-likeness (QED) is 0.191. The van der Waals surface area contributed by atoms with E-state index in [2.05, 4.69) is 24.3 Å². The number of hydrogen-bond donors (Lipinski definition) is 1. The summed E-state index contributed by atoms with van der Waals surface area (Å²) < 4.78 is 0. The summed E-state index contributed by atoms with van der Waals surface area (Å²) in [5, 5.41) is 12.4. The van der Waals surface area contributed by atoms with Crippen LogP contribution >= 0.6 is 0 Å². The van der Waals surface area contributed by atoms with E-state index in [-0.39, 0.29) is 17.5 Å². The molecule has 1 fully saturated rings. The van der Waals surface area contributed by atoms with E-state index in [9.17, 15) is 14.7 Å². The zero-order valence-electron chi connectivity index (χ0n) is 23.7. The summed E-state index contributed by atoms with van der Waals surface area (Å²) in [4.78, 5) is 28.3. The first kappa shape index (κ1) is 28.7. The van der Waals surface area contributed by atoms with E-state index < -0.39 is 17.4 Å². The van der Waals surface area contributed by atoms with Gasteiger partial charge in [0.1, 0.15) is 11.6 Å². The molecule has 3 heteroatoms. The van der Waals surface area contributed by atoms with Gasteiger partial charge in [-0.15, -0.1) is 0 Å². The maximum atomic E-state index is 14.5. The average Bonchev–Trinajstić information content (AvgIpc) is 3.02. The number of hydrogen-bond acceptors (Lipinski definition) is 3. The molecule has 1 saturated carbocycles. The third-order valence-electron chi connectivity index (χ3n) is 8.85. The summed E-state index contributed by atoms with van der Waals surface area (Å²) >= 11 is 0. The molecule has 4 atom stereocenters. The Morgan fingerprint density at radius 1 is 0.659 bits per heavy atom. The van der Waals surface area contributed by atoms with Crippen molar-refractivity contribution in [3.63, 3.8) is 0 Å². The maximum Gasteiger partial charge on any atom is 0.149 e. The highest BCUT2D eigenvalue weighted by Crippen LogP contribution is 2.45. The molecule has 1 N–H and O–H groups in total. The first-order chi connectivity index (χ1) is 20.0. The van der Waals surface area contributed by atoms with E-state index in [1.165, 1.54) is 5.56 Å². The Hall–Kier alpha value is -3.82. The van der Waals surface area contributed by atoms with Crippen molar-refractivity contribution in [2.75, 3.05) is 0 Å². The molecule has 0 saturated heterocycles. The second-order valence-corrected chi connectivity index (χ2v) is 11.7. The molecule has 4 aromatic rings. The summed E-state index contributed by atoms with van der Waals surface area (Å²) in [5.41, 5.74) is 3.27. The van der Waals surface area contributed by atoms with Crippen molar-refractivity contribution in [2.24, 2.45) is 17.8 Å². The molecule has 4 aromatic carbocycles. The van der Waals surface area contributed by atoms with Gasteiger partial charge in [-0.3, -0.25) is 9.59 Å². The molecular weight excluding hydrogens is 504 g/mol. The summed E-state index contributed by atoms with van der Waals surface area (Å²) in [7, 11) is 0. The van der Waals surface area contributed by atoms with Crippen LogP contribution in [0.1, 0.15) is 47.9 Å². The van der Waals surface area contributed by atoms with Crippen LogP contribution in [0.15, 0.2) is 121 Å². The molecule has 0 spiro atoms. The van der Waals surface area contributed by atoms with Crippen LogP contribution in [0.2, 0.25) is 0 Å². The lowest BCUT2D eigenvalue weighted by Gasteiger charge is -2.46. The van der Waals surface area contributed by atoms with Crippen molar-refractivity contribution in [1.29, 1.82) is 0 Å². The van der Waals surface area contributed by atoms with Crippen molar-refractivity contribution < 1.29 is 14.7 Å². The van der Waals surface area contributed by atoms with Gasteiger partial charge in [0.05, 0.1) is 17.4 Å². The van der Waals surface area contributed by atoms with Gasteiger partial charge in [0.2, 0.25) is 0 Å². The van der Waals surface area contributed by atoms with E-state index in [4.69, 9.17) is 0 Å². The highest BCUT2D eigenvalue weighted by atomic mass is 16.3. The van der Waals surface area contributed by atoms with Crippen molar-refractivity contribution in [3.05, 3.63) is 144 Å². The minimum absolute atomic E-state index is 0.0140. The van der Waals surface area contributed by atoms with Gasteiger partial charge < -0.3 is 5.11 Å². The lowest BCUT2D eigenvalue weighted by Crippen LogP contribution is -2.55. The number of ketones is 2. The number of Topliss-reactive ketones (excluding diaryl/α,β-unsaturated/α-hetero) is 2. The highest BCUT2D eigenvalue weighted by molar-refractivity contribution is 6.05. The van der Waals surface area contributed by atoms with Crippen LogP contribution in [-0.2, 0) is 35.3 Å². The Balaban J connectivity index is 1.43. The number of aliphatic hydroxyl groups is 1. The second-order valence-electron chi connectivity index (χ2n) is 11.7. The van der Waals surface area contributed by atoms with Crippen molar-refractivity contribution >= 4 is 11.6 Å². The molecule has 1 aliphatic rings. The van der Waals surface area contributed by atoms with Crippen LogP contribution in [-0.4, -0.2) is 22.3 Å². The van der Waals surface area contributed by atoms with Gasteiger partial charge in [-0.25, -0.2) is 0 Å². The van der Waals surface area contributed by atoms with Crippen LogP contribution < -0.4 is 0 Å². The minimum atomic E-state index is -1.18. The van der Waals surface area contributed by atoms with Crippen molar-refractivity contribution in [1.82, 2.24) is 0 Å². The van der Waals surface area contributed by atoms with E-state index in [1.54, 1.807) is 0 Å². The van der Waals surface area contributed by atoms with E-state index in [1.807, 2.05) is 97.1 Å². The van der Waals surface area contributed by atoms with Crippen molar-refractivity contribution in [2.45, 2.75) is 57.0 Å². The molecular formula is C38H40O3. The SMILES string of the molecule is O=C(CCc1ccccc1)[C@@H]1C(=O)[C@H](Cc2ccccc2)[C@@](O)(CCc2ccccc2)C[C@H]1CCc1ccccc1. The fraction of sp³-hybridized carbons (Fsp3) is 0.316. The standard InChI is InChI=1S/C38H40O3/c39-35(24-22-30-15-7-2-8-16-30)36-33(23-21-29-13-5-1-6-14-29)28-38(41,26-25-31-17-9-3-10-18-31)34(37(36)40)27-32-19-11-4-12-20-32/h1-20,33-34,36,41H,21-28H2/t33-,34+,36-,38-/m1/s1. The number of carbonyl (C=O) groups is 2.